The van der Waals surface area contributed by atoms with Gasteiger partial charge >= 0.3 is 0 Å². The fourth-order valence-corrected chi connectivity index (χ4v) is 2.40. The first kappa shape index (κ1) is 12.0. The van der Waals surface area contributed by atoms with Crippen LogP contribution in [0.25, 0.3) is 11.6 Å². The molecule has 1 aliphatic rings. The minimum atomic E-state index is -0.110. The summed E-state index contributed by atoms with van der Waals surface area (Å²) in [6.45, 7) is 0. The van der Waals surface area contributed by atoms with E-state index in [1.807, 2.05) is 24.3 Å². The number of halogens is 1. The van der Waals surface area contributed by atoms with Gasteiger partial charge in [-0.05, 0) is 42.0 Å². The van der Waals surface area contributed by atoms with Crippen LogP contribution >= 0.6 is 15.9 Å². The Labute approximate surface area is 118 Å². The third-order valence-corrected chi connectivity index (χ3v) is 3.46. The molecule has 2 aromatic carbocycles. The van der Waals surface area contributed by atoms with E-state index in [0.717, 1.165) is 21.3 Å². The highest BCUT2D eigenvalue weighted by Gasteiger charge is 2.23. The van der Waals surface area contributed by atoms with Crippen molar-refractivity contribution in [3.8, 4) is 5.75 Å². The van der Waals surface area contributed by atoms with E-state index in [4.69, 9.17) is 0 Å². The van der Waals surface area contributed by atoms with Crippen LogP contribution in [0.15, 0.2) is 46.9 Å². The number of anilines is 1. The van der Waals surface area contributed by atoms with Gasteiger partial charge in [0, 0.05) is 21.3 Å². The summed E-state index contributed by atoms with van der Waals surface area (Å²) in [5.41, 5.74) is 3.20. The maximum absolute atomic E-state index is 12.0. The molecule has 94 valence electrons. The van der Waals surface area contributed by atoms with Gasteiger partial charge in [-0.3, -0.25) is 4.79 Å². The molecule has 0 aromatic heterocycles. The SMILES string of the molecule is O=C1Nc2ccc(Br)cc2/C1=C/c1ccc(O)cc1. The molecule has 19 heavy (non-hydrogen) atoms. The van der Waals surface area contributed by atoms with Gasteiger partial charge in [-0.1, -0.05) is 28.1 Å². The second-order valence-corrected chi connectivity index (χ2v) is 5.21. The van der Waals surface area contributed by atoms with Gasteiger partial charge in [0.1, 0.15) is 5.75 Å². The quantitative estimate of drug-likeness (QED) is 0.789. The molecule has 3 nitrogen and oxygen atoms in total. The molecule has 0 aliphatic carbocycles. The molecule has 1 aliphatic heterocycles. The van der Waals surface area contributed by atoms with Crippen LogP contribution in [-0.4, -0.2) is 11.0 Å². The number of amides is 1. The summed E-state index contributed by atoms with van der Waals surface area (Å²) < 4.78 is 0.930. The van der Waals surface area contributed by atoms with Gasteiger partial charge in [0.15, 0.2) is 0 Å². The number of aromatic hydroxyl groups is 1. The van der Waals surface area contributed by atoms with Crippen molar-refractivity contribution < 1.29 is 9.90 Å². The van der Waals surface area contributed by atoms with Crippen LogP contribution in [0.4, 0.5) is 5.69 Å². The predicted molar refractivity (Wildman–Crippen MR) is 78.7 cm³/mol. The normalized spacial score (nSPS) is 15.4. The van der Waals surface area contributed by atoms with E-state index in [0.29, 0.717) is 5.57 Å². The Morgan fingerprint density at radius 1 is 1.11 bits per heavy atom. The fraction of sp³-hybridized carbons (Fsp3) is 0. The minimum Gasteiger partial charge on any atom is -0.508 e. The third kappa shape index (κ3) is 2.27. The van der Waals surface area contributed by atoms with Crippen molar-refractivity contribution in [2.24, 2.45) is 0 Å². The van der Waals surface area contributed by atoms with Gasteiger partial charge in [-0.15, -0.1) is 0 Å². The van der Waals surface area contributed by atoms with E-state index in [1.165, 1.54) is 0 Å². The average molecular weight is 316 g/mol. The largest absolute Gasteiger partial charge is 0.508 e. The highest BCUT2D eigenvalue weighted by molar-refractivity contribution is 9.10. The van der Waals surface area contributed by atoms with E-state index < -0.39 is 0 Å². The van der Waals surface area contributed by atoms with Crippen LogP contribution in [0.1, 0.15) is 11.1 Å². The lowest BCUT2D eigenvalue weighted by molar-refractivity contribution is -0.110. The van der Waals surface area contributed by atoms with Gasteiger partial charge < -0.3 is 10.4 Å². The van der Waals surface area contributed by atoms with Crippen molar-refractivity contribution in [3.63, 3.8) is 0 Å². The van der Waals surface area contributed by atoms with Crippen molar-refractivity contribution in [1.29, 1.82) is 0 Å². The molecule has 0 atom stereocenters. The number of benzene rings is 2. The zero-order valence-electron chi connectivity index (χ0n) is 9.85. The summed E-state index contributed by atoms with van der Waals surface area (Å²) in [6.07, 6.45) is 1.81. The standard InChI is InChI=1S/C15H10BrNO2/c16-10-3-6-14-12(8-10)13(15(19)17-14)7-9-1-4-11(18)5-2-9/h1-8,18H,(H,17,19)/b13-7-. The number of carbonyl (C=O) groups is 1. The van der Waals surface area contributed by atoms with E-state index in [1.54, 1.807) is 24.3 Å². The molecule has 0 radical (unpaired) electrons. The van der Waals surface area contributed by atoms with Crippen molar-refractivity contribution in [2.75, 3.05) is 5.32 Å². The average Bonchev–Trinajstić information content (AvgIpc) is 2.69. The van der Waals surface area contributed by atoms with E-state index in [-0.39, 0.29) is 11.7 Å². The lowest BCUT2D eigenvalue weighted by Crippen LogP contribution is -2.03. The smallest absolute Gasteiger partial charge is 0.256 e. The number of rotatable bonds is 1. The first-order valence-corrected chi connectivity index (χ1v) is 6.55. The van der Waals surface area contributed by atoms with Gasteiger partial charge in [-0.2, -0.15) is 0 Å². The Bertz CT molecular complexity index is 690. The van der Waals surface area contributed by atoms with Crippen molar-refractivity contribution >= 4 is 39.2 Å². The molecule has 2 N–H and O–H groups in total. The third-order valence-electron chi connectivity index (χ3n) is 2.97. The Morgan fingerprint density at radius 2 is 1.84 bits per heavy atom. The fourth-order valence-electron chi connectivity index (χ4n) is 2.04. The molecule has 0 bridgehead atoms. The molecule has 1 heterocycles. The highest BCUT2D eigenvalue weighted by atomic mass is 79.9. The van der Waals surface area contributed by atoms with Gasteiger partial charge in [0.2, 0.25) is 0 Å². The zero-order chi connectivity index (χ0) is 13.4. The van der Waals surface area contributed by atoms with Crippen LogP contribution in [0.5, 0.6) is 5.75 Å². The molecule has 0 saturated heterocycles. The summed E-state index contributed by atoms with van der Waals surface area (Å²) in [5.74, 6) is 0.0994. The first-order chi connectivity index (χ1) is 9.13. The lowest BCUT2D eigenvalue weighted by Gasteiger charge is -2.00. The van der Waals surface area contributed by atoms with Gasteiger partial charge in [0.05, 0.1) is 0 Å². The summed E-state index contributed by atoms with van der Waals surface area (Å²) in [6, 6.07) is 12.4. The molecule has 0 saturated carbocycles. The Balaban J connectivity index is 2.08. The number of carbonyl (C=O) groups excluding carboxylic acids is 1. The van der Waals surface area contributed by atoms with Crippen molar-refractivity contribution in [1.82, 2.24) is 0 Å². The van der Waals surface area contributed by atoms with Crippen LogP contribution < -0.4 is 5.32 Å². The molecule has 3 rings (SSSR count). The number of phenols is 1. The van der Waals surface area contributed by atoms with Crippen LogP contribution in [0, 0.1) is 0 Å². The number of hydrogen-bond donors (Lipinski definition) is 2. The van der Waals surface area contributed by atoms with Crippen molar-refractivity contribution in [2.45, 2.75) is 0 Å². The molecule has 1 amide bonds. The highest BCUT2D eigenvalue weighted by Crippen LogP contribution is 2.35. The Hall–Kier alpha value is -2.07. The number of hydrogen-bond acceptors (Lipinski definition) is 2. The van der Waals surface area contributed by atoms with E-state index in [2.05, 4.69) is 21.2 Å². The molecular formula is C15H10BrNO2. The van der Waals surface area contributed by atoms with Gasteiger partial charge in [0.25, 0.3) is 5.91 Å². The molecule has 0 fully saturated rings. The van der Waals surface area contributed by atoms with E-state index in [9.17, 15) is 9.90 Å². The molecule has 2 aromatic rings. The van der Waals surface area contributed by atoms with Crippen LogP contribution in [-0.2, 0) is 4.79 Å². The Morgan fingerprint density at radius 3 is 2.58 bits per heavy atom. The number of phenolic OH excluding ortho intramolecular Hbond substituents is 1. The topological polar surface area (TPSA) is 49.3 Å². The number of fused-ring (bicyclic) bond motifs is 1. The second-order valence-electron chi connectivity index (χ2n) is 4.29. The molecule has 4 heteroatoms. The summed E-state index contributed by atoms with van der Waals surface area (Å²) in [7, 11) is 0. The predicted octanol–water partition coefficient (Wildman–Crippen LogP) is 3.65. The zero-order valence-corrected chi connectivity index (χ0v) is 11.4. The van der Waals surface area contributed by atoms with Crippen LogP contribution in [0.3, 0.4) is 0 Å². The summed E-state index contributed by atoms with van der Waals surface area (Å²) in [4.78, 5) is 12.0. The summed E-state index contributed by atoms with van der Waals surface area (Å²) in [5, 5.41) is 12.1. The lowest BCUT2D eigenvalue weighted by atomic mass is 10.0. The Kier molecular flexibility index (Phi) is 2.87. The second kappa shape index (κ2) is 4.55. The molecule has 0 spiro atoms. The monoisotopic (exact) mass is 315 g/mol. The number of nitrogens with one attached hydrogen (secondary N) is 1. The maximum Gasteiger partial charge on any atom is 0.256 e. The van der Waals surface area contributed by atoms with Crippen molar-refractivity contribution in [3.05, 3.63) is 58.1 Å². The van der Waals surface area contributed by atoms with E-state index >= 15 is 0 Å². The molecular weight excluding hydrogens is 306 g/mol. The molecule has 0 unspecified atom stereocenters. The summed E-state index contributed by atoms with van der Waals surface area (Å²) >= 11 is 3.41. The van der Waals surface area contributed by atoms with Gasteiger partial charge in [-0.25, -0.2) is 0 Å². The maximum atomic E-state index is 12.0. The van der Waals surface area contributed by atoms with Crippen LogP contribution in [0.2, 0.25) is 0 Å². The first-order valence-electron chi connectivity index (χ1n) is 5.75. The minimum absolute atomic E-state index is 0.110.